The number of aliphatic imine (C=N–C) groups is 1. The van der Waals surface area contributed by atoms with Crippen molar-refractivity contribution in [1.29, 1.82) is 0 Å². The van der Waals surface area contributed by atoms with E-state index in [9.17, 15) is 0 Å². The first kappa shape index (κ1) is 17.8. The second-order valence-electron chi connectivity index (χ2n) is 7.98. The third-order valence-electron chi connectivity index (χ3n) is 6.57. The van der Waals surface area contributed by atoms with Crippen molar-refractivity contribution in [1.82, 2.24) is 0 Å². The molecule has 0 bridgehead atoms. The highest BCUT2D eigenvalue weighted by atomic mass is 32.1. The molecular weight excluding hydrogens is 310 g/mol. The van der Waals surface area contributed by atoms with Crippen LogP contribution in [0.2, 0.25) is 0 Å². The van der Waals surface area contributed by atoms with E-state index >= 15 is 0 Å². The molecule has 0 amide bonds. The van der Waals surface area contributed by atoms with Gasteiger partial charge in [-0.25, -0.2) is 0 Å². The lowest BCUT2D eigenvalue weighted by atomic mass is 9.68. The smallest absolute Gasteiger partial charge is 0.0739 e. The number of thiocarbonyl (C=S) groups is 1. The lowest BCUT2D eigenvalue weighted by molar-refractivity contribution is 0.156. The molecular formula is C22H31NS. The Morgan fingerprint density at radius 1 is 0.917 bits per heavy atom. The van der Waals surface area contributed by atoms with Gasteiger partial charge in [-0.05, 0) is 92.1 Å². The molecule has 0 saturated heterocycles. The van der Waals surface area contributed by atoms with Crippen molar-refractivity contribution in [2.45, 2.75) is 77.0 Å². The van der Waals surface area contributed by atoms with Crippen molar-refractivity contribution in [3.8, 4) is 0 Å². The van der Waals surface area contributed by atoms with Crippen molar-refractivity contribution in [2.75, 3.05) is 0 Å². The van der Waals surface area contributed by atoms with Gasteiger partial charge >= 0.3 is 0 Å². The maximum Gasteiger partial charge on any atom is 0.0739 e. The van der Waals surface area contributed by atoms with E-state index in [1.165, 1.54) is 69.8 Å². The summed E-state index contributed by atoms with van der Waals surface area (Å²) >= 11 is 4.67. The summed E-state index contributed by atoms with van der Waals surface area (Å²) in [6.45, 7) is 2.33. The summed E-state index contributed by atoms with van der Waals surface area (Å²) in [5.74, 6) is 3.82. The van der Waals surface area contributed by atoms with E-state index in [-0.39, 0.29) is 0 Å². The minimum absolute atomic E-state index is 0.753. The Balaban J connectivity index is 1.48. The van der Waals surface area contributed by atoms with Crippen LogP contribution in [0.25, 0.3) is 0 Å². The Kier molecular flexibility index (Phi) is 6.63. The molecule has 2 saturated carbocycles. The summed E-state index contributed by atoms with van der Waals surface area (Å²) in [6, 6.07) is 8.64. The van der Waals surface area contributed by atoms with Crippen molar-refractivity contribution in [2.24, 2.45) is 22.7 Å². The predicted molar refractivity (Wildman–Crippen MR) is 106 cm³/mol. The summed E-state index contributed by atoms with van der Waals surface area (Å²) in [4.78, 5) is 4.05. The van der Waals surface area contributed by atoms with Crippen LogP contribution >= 0.6 is 12.2 Å². The average Bonchev–Trinajstić information content (AvgIpc) is 2.64. The van der Waals surface area contributed by atoms with Gasteiger partial charge in [0.1, 0.15) is 0 Å². The van der Waals surface area contributed by atoms with Gasteiger partial charge in [-0.1, -0.05) is 44.7 Å². The Morgan fingerprint density at radius 2 is 1.50 bits per heavy atom. The molecule has 1 aromatic carbocycles. The van der Waals surface area contributed by atoms with Crippen LogP contribution in [-0.4, -0.2) is 5.16 Å². The molecule has 3 rings (SSSR count). The molecule has 0 heterocycles. The molecule has 2 heteroatoms. The molecule has 0 spiro atoms. The summed E-state index contributed by atoms with van der Waals surface area (Å²) < 4.78 is 0. The first-order chi connectivity index (χ1) is 11.8. The highest BCUT2D eigenvalue weighted by molar-refractivity contribution is 7.78. The van der Waals surface area contributed by atoms with E-state index in [4.69, 9.17) is 0 Å². The van der Waals surface area contributed by atoms with Gasteiger partial charge in [-0.15, -0.1) is 0 Å². The predicted octanol–water partition coefficient (Wildman–Crippen LogP) is 7.30. The van der Waals surface area contributed by atoms with Crippen LogP contribution in [0.4, 0.5) is 5.69 Å². The summed E-state index contributed by atoms with van der Waals surface area (Å²) in [5.41, 5.74) is 2.41. The maximum absolute atomic E-state index is 4.67. The second-order valence-corrected chi connectivity index (χ2v) is 8.16. The quantitative estimate of drug-likeness (QED) is 0.404. The molecule has 2 fully saturated rings. The van der Waals surface area contributed by atoms with Crippen molar-refractivity contribution < 1.29 is 0 Å². The standard InChI is InChI=1S/C22H31NS/c1-2-3-17-4-6-18(7-5-17)19-8-10-20(11-9-19)21-12-14-22(15-13-21)23-16-24/h12-15,17-20H,2-11H2,1H3/t17-,18-,19-,20-. The van der Waals surface area contributed by atoms with Crippen molar-refractivity contribution >= 4 is 23.1 Å². The molecule has 1 aromatic rings. The van der Waals surface area contributed by atoms with E-state index in [2.05, 4.69) is 53.6 Å². The number of nitrogens with zero attached hydrogens (tertiary/aromatic N) is 1. The minimum atomic E-state index is 0.753. The van der Waals surface area contributed by atoms with Crippen LogP contribution in [0.1, 0.15) is 82.6 Å². The number of benzene rings is 1. The number of hydrogen-bond donors (Lipinski definition) is 0. The molecule has 1 nitrogen and oxygen atoms in total. The summed E-state index contributed by atoms with van der Waals surface area (Å²) in [5, 5.41) is 2.44. The van der Waals surface area contributed by atoms with E-state index in [1.807, 2.05) is 0 Å². The molecule has 0 radical (unpaired) electrons. The van der Waals surface area contributed by atoms with Gasteiger partial charge in [-0.3, -0.25) is 0 Å². The minimum Gasteiger partial charge on any atom is -0.195 e. The van der Waals surface area contributed by atoms with Crippen molar-refractivity contribution in [3.05, 3.63) is 29.8 Å². The highest BCUT2D eigenvalue weighted by Crippen LogP contribution is 2.44. The summed E-state index contributed by atoms with van der Waals surface area (Å²) in [7, 11) is 0. The Morgan fingerprint density at radius 3 is 2.04 bits per heavy atom. The molecule has 0 N–H and O–H groups in total. The van der Waals surface area contributed by atoms with Gasteiger partial charge in [0.05, 0.1) is 10.8 Å². The van der Waals surface area contributed by atoms with Crippen LogP contribution < -0.4 is 0 Å². The third-order valence-corrected chi connectivity index (χ3v) is 6.66. The SMILES string of the molecule is CCC[C@H]1CC[C@H]([C@H]2CC[C@H](c3ccc(N=C=S)cc3)CC2)CC1. The molecule has 0 unspecified atom stereocenters. The van der Waals surface area contributed by atoms with E-state index in [0.717, 1.165) is 29.4 Å². The van der Waals surface area contributed by atoms with Crippen LogP contribution in [0, 0.1) is 17.8 Å². The van der Waals surface area contributed by atoms with Gasteiger partial charge in [0.2, 0.25) is 0 Å². The molecule has 0 aromatic heterocycles. The monoisotopic (exact) mass is 341 g/mol. The fourth-order valence-corrected chi connectivity index (χ4v) is 5.26. The largest absolute Gasteiger partial charge is 0.195 e. The van der Waals surface area contributed by atoms with Crippen LogP contribution in [-0.2, 0) is 0 Å². The zero-order valence-corrected chi connectivity index (χ0v) is 15.9. The fraction of sp³-hybridized carbons (Fsp3) is 0.682. The first-order valence-electron chi connectivity index (χ1n) is 9.98. The van der Waals surface area contributed by atoms with E-state index < -0.39 is 0 Å². The molecule has 0 aliphatic heterocycles. The Hall–Kier alpha value is -0.980. The third kappa shape index (κ3) is 4.55. The molecule has 130 valence electrons. The number of isothiocyanates is 1. The fourth-order valence-electron chi connectivity index (χ4n) is 5.15. The van der Waals surface area contributed by atoms with Crippen LogP contribution in [0.15, 0.2) is 29.3 Å². The maximum atomic E-state index is 4.67. The summed E-state index contributed by atoms with van der Waals surface area (Å²) in [6.07, 6.45) is 14.5. The van der Waals surface area contributed by atoms with Gasteiger partial charge in [-0.2, -0.15) is 4.99 Å². The zero-order valence-electron chi connectivity index (χ0n) is 15.0. The highest BCUT2D eigenvalue weighted by Gasteiger charge is 2.30. The number of rotatable bonds is 5. The molecule has 2 aliphatic carbocycles. The van der Waals surface area contributed by atoms with E-state index in [0.29, 0.717) is 0 Å². The van der Waals surface area contributed by atoms with Crippen LogP contribution in [0.5, 0.6) is 0 Å². The molecule has 2 aliphatic rings. The van der Waals surface area contributed by atoms with Gasteiger partial charge < -0.3 is 0 Å². The Labute approximate surface area is 153 Å². The van der Waals surface area contributed by atoms with Gasteiger partial charge in [0, 0.05) is 0 Å². The lowest BCUT2D eigenvalue weighted by Crippen LogP contribution is -2.25. The zero-order chi connectivity index (χ0) is 16.8. The van der Waals surface area contributed by atoms with Gasteiger partial charge in [0.25, 0.3) is 0 Å². The topological polar surface area (TPSA) is 12.4 Å². The Bertz CT molecular complexity index is 542. The normalized spacial score (nSPS) is 30.5. The van der Waals surface area contributed by atoms with Crippen molar-refractivity contribution in [3.63, 3.8) is 0 Å². The number of hydrogen-bond acceptors (Lipinski definition) is 2. The average molecular weight is 342 g/mol. The first-order valence-corrected chi connectivity index (χ1v) is 10.4. The van der Waals surface area contributed by atoms with Gasteiger partial charge in [0.15, 0.2) is 0 Å². The molecule has 0 atom stereocenters. The second kappa shape index (κ2) is 8.92. The van der Waals surface area contributed by atoms with Crippen LogP contribution in [0.3, 0.4) is 0 Å². The lowest BCUT2D eigenvalue weighted by Gasteiger charge is -2.38. The van der Waals surface area contributed by atoms with E-state index in [1.54, 1.807) is 0 Å². The molecule has 24 heavy (non-hydrogen) atoms.